The van der Waals surface area contributed by atoms with Crippen molar-refractivity contribution in [2.75, 3.05) is 0 Å². The van der Waals surface area contributed by atoms with E-state index in [9.17, 15) is 8.42 Å². The van der Waals surface area contributed by atoms with Crippen molar-refractivity contribution in [3.05, 3.63) is 84.3 Å². The predicted molar refractivity (Wildman–Crippen MR) is 99.5 cm³/mol. The number of benzene rings is 2. The van der Waals surface area contributed by atoms with Gasteiger partial charge in [0, 0.05) is 0 Å². The average Bonchev–Trinajstić information content (AvgIpc) is 3.00. The van der Waals surface area contributed by atoms with Crippen LogP contribution in [0.25, 0.3) is 0 Å². The summed E-state index contributed by atoms with van der Waals surface area (Å²) in [6, 6.07) is 17.8. The highest BCUT2D eigenvalue weighted by Gasteiger charge is 2.31. The number of aromatic nitrogens is 2. The van der Waals surface area contributed by atoms with Gasteiger partial charge in [-0.05, 0) is 11.1 Å². The number of rotatable bonds is 6. The molecule has 0 amide bonds. The van der Waals surface area contributed by atoms with Gasteiger partial charge < -0.3 is 5.73 Å². The van der Waals surface area contributed by atoms with Gasteiger partial charge in [-0.25, -0.2) is 17.6 Å². The summed E-state index contributed by atoms with van der Waals surface area (Å²) in [6.07, 6.45) is 3.27. The van der Waals surface area contributed by atoms with Gasteiger partial charge in [-0.3, -0.25) is 0 Å². The number of nitrogens with zero attached hydrogens (tertiary/aromatic N) is 2. The quantitative estimate of drug-likeness (QED) is 0.646. The fourth-order valence-electron chi connectivity index (χ4n) is 2.99. The summed E-state index contributed by atoms with van der Waals surface area (Å²) in [5, 5.41) is 0.182. The molecule has 6 nitrogen and oxygen atoms in total. The summed E-state index contributed by atoms with van der Waals surface area (Å²) in [4.78, 5) is 0. The fourth-order valence-corrected chi connectivity index (χ4v) is 4.46. The Bertz CT molecular complexity index is 969. The second-order valence-corrected chi connectivity index (χ2v) is 7.97. The van der Waals surface area contributed by atoms with Gasteiger partial charge >= 0.3 is 0 Å². The van der Waals surface area contributed by atoms with Crippen molar-refractivity contribution >= 4 is 10.0 Å². The van der Waals surface area contributed by atoms with E-state index in [0.717, 1.165) is 11.1 Å². The maximum Gasteiger partial charge on any atom is 0.282 e. The summed E-state index contributed by atoms with van der Waals surface area (Å²) in [6.45, 7) is 0. The number of nitrogens with one attached hydrogen (secondary N) is 1. The van der Waals surface area contributed by atoms with Gasteiger partial charge in [0.25, 0.3) is 15.0 Å². The Morgan fingerprint density at radius 3 is 2.04 bits per heavy atom. The van der Waals surface area contributed by atoms with E-state index in [1.54, 1.807) is 35.8 Å². The van der Waals surface area contributed by atoms with Crippen LogP contribution in [-0.4, -0.2) is 13.0 Å². The van der Waals surface area contributed by atoms with E-state index in [1.807, 2.05) is 60.7 Å². The third kappa shape index (κ3) is 3.85. The molecule has 0 radical (unpaired) electrons. The number of hydrogen-bond donors (Lipinski definition) is 2. The molecule has 26 heavy (non-hydrogen) atoms. The molecule has 1 heterocycles. The molecule has 0 spiro atoms. The van der Waals surface area contributed by atoms with E-state index < -0.39 is 22.1 Å². The molecule has 0 saturated heterocycles. The molecule has 3 aromatic rings. The van der Waals surface area contributed by atoms with Crippen LogP contribution < -0.4 is 15.0 Å². The van der Waals surface area contributed by atoms with E-state index in [4.69, 9.17) is 5.73 Å². The van der Waals surface area contributed by atoms with Crippen LogP contribution in [0.4, 0.5) is 0 Å². The number of nitrogens with two attached hydrogens (primary N) is 1. The van der Waals surface area contributed by atoms with Gasteiger partial charge in [0.1, 0.15) is 0 Å². The van der Waals surface area contributed by atoms with E-state index in [1.165, 1.54) is 0 Å². The monoisotopic (exact) mass is 371 g/mol. The highest BCUT2D eigenvalue weighted by molar-refractivity contribution is 7.89. The molecule has 0 unspecified atom stereocenters. The summed E-state index contributed by atoms with van der Waals surface area (Å²) in [5.41, 5.74) is 8.13. The second-order valence-electron chi connectivity index (χ2n) is 6.31. The Balaban J connectivity index is 2.00. The highest BCUT2D eigenvalue weighted by Crippen LogP contribution is 2.28. The van der Waals surface area contributed by atoms with E-state index in [2.05, 4.69) is 4.72 Å². The molecule has 3 N–H and O–H groups in total. The van der Waals surface area contributed by atoms with Gasteiger partial charge in [0.15, 0.2) is 6.20 Å². The first-order valence-electron chi connectivity index (χ1n) is 8.28. The normalized spacial score (nSPS) is 14.1. The molecule has 0 aliphatic rings. The molecule has 0 aliphatic heterocycles. The van der Waals surface area contributed by atoms with Crippen molar-refractivity contribution in [1.82, 2.24) is 9.29 Å². The van der Waals surface area contributed by atoms with Crippen molar-refractivity contribution in [2.45, 2.75) is 17.1 Å². The lowest BCUT2D eigenvalue weighted by atomic mass is 9.95. The van der Waals surface area contributed by atoms with Gasteiger partial charge in [-0.15, -0.1) is 0 Å². The Morgan fingerprint density at radius 1 is 1.00 bits per heavy atom. The molecule has 3 rings (SSSR count). The Hall–Kier alpha value is -2.48. The standard InChI is InChI=1S/C19H23N4O2S/c1-22-13-17(23(2)14-22)26(24,25)21-19(16-11-7-4-8-12-16)18(20)15-9-5-3-6-10-15/h3-14,18-19,21H,20H2,1-2H3/q+1/t18-,19-/m0/s1. The maximum absolute atomic E-state index is 13.0. The zero-order valence-corrected chi connectivity index (χ0v) is 15.6. The van der Waals surface area contributed by atoms with Crippen LogP contribution in [0.2, 0.25) is 0 Å². The first kappa shape index (κ1) is 18.3. The van der Waals surface area contributed by atoms with Crippen molar-refractivity contribution in [3.8, 4) is 0 Å². The lowest BCUT2D eigenvalue weighted by molar-refractivity contribution is -0.671. The smallest absolute Gasteiger partial charge is 0.282 e. The van der Waals surface area contributed by atoms with Crippen LogP contribution in [0, 0.1) is 0 Å². The highest BCUT2D eigenvalue weighted by atomic mass is 32.2. The molecular weight excluding hydrogens is 348 g/mol. The lowest BCUT2D eigenvalue weighted by Crippen LogP contribution is -2.36. The predicted octanol–water partition coefficient (Wildman–Crippen LogP) is 1.57. The minimum absolute atomic E-state index is 0.182. The SMILES string of the molecule is Cn1c[n+](C)cc1S(=O)(=O)N[C@@H](c1ccccc1)[C@@H](N)c1ccccc1. The van der Waals surface area contributed by atoms with Crippen molar-refractivity contribution in [1.29, 1.82) is 0 Å². The van der Waals surface area contributed by atoms with E-state index in [0.29, 0.717) is 0 Å². The van der Waals surface area contributed by atoms with Crippen LogP contribution in [0.1, 0.15) is 23.2 Å². The fraction of sp³-hybridized carbons (Fsp3) is 0.211. The lowest BCUT2D eigenvalue weighted by Gasteiger charge is -2.25. The molecule has 0 aliphatic carbocycles. The molecule has 0 saturated carbocycles. The van der Waals surface area contributed by atoms with Crippen LogP contribution >= 0.6 is 0 Å². The largest absolute Gasteiger partial charge is 0.322 e. The molecule has 0 bridgehead atoms. The molecule has 136 valence electrons. The molecule has 0 fully saturated rings. The Morgan fingerprint density at radius 2 is 1.54 bits per heavy atom. The number of sulfonamides is 1. The number of hydrogen-bond acceptors (Lipinski definition) is 3. The van der Waals surface area contributed by atoms with Crippen LogP contribution in [0.5, 0.6) is 0 Å². The number of aryl methyl sites for hydroxylation is 2. The third-order valence-corrected chi connectivity index (χ3v) is 5.79. The summed E-state index contributed by atoms with van der Waals surface area (Å²) >= 11 is 0. The minimum Gasteiger partial charge on any atom is -0.322 e. The van der Waals surface area contributed by atoms with Crippen LogP contribution in [0.3, 0.4) is 0 Å². The average molecular weight is 371 g/mol. The summed E-state index contributed by atoms with van der Waals surface area (Å²) < 4.78 is 32.0. The number of imidazole rings is 1. The van der Waals surface area contributed by atoms with Crippen molar-refractivity contribution in [2.24, 2.45) is 19.8 Å². The Kier molecular flexibility index (Phi) is 5.22. The van der Waals surface area contributed by atoms with Gasteiger partial charge in [-0.2, -0.15) is 4.72 Å². The van der Waals surface area contributed by atoms with Crippen LogP contribution in [0.15, 0.2) is 78.2 Å². The van der Waals surface area contributed by atoms with Crippen molar-refractivity contribution < 1.29 is 13.0 Å². The molecule has 1 aromatic heterocycles. The Labute approximate surface area is 154 Å². The van der Waals surface area contributed by atoms with E-state index in [-0.39, 0.29) is 5.03 Å². The third-order valence-electron chi connectivity index (χ3n) is 4.28. The van der Waals surface area contributed by atoms with Crippen molar-refractivity contribution in [3.63, 3.8) is 0 Å². The summed E-state index contributed by atoms with van der Waals surface area (Å²) in [7, 11) is -0.280. The van der Waals surface area contributed by atoms with Gasteiger partial charge in [0.05, 0.1) is 26.2 Å². The van der Waals surface area contributed by atoms with Gasteiger partial charge in [-0.1, -0.05) is 60.7 Å². The molecule has 7 heteroatoms. The first-order valence-corrected chi connectivity index (χ1v) is 9.76. The zero-order chi connectivity index (χ0) is 18.7. The zero-order valence-electron chi connectivity index (χ0n) is 14.8. The maximum atomic E-state index is 13.0. The van der Waals surface area contributed by atoms with E-state index >= 15 is 0 Å². The first-order chi connectivity index (χ1) is 12.4. The molecule has 2 aromatic carbocycles. The van der Waals surface area contributed by atoms with Crippen LogP contribution in [-0.2, 0) is 24.1 Å². The second kappa shape index (κ2) is 7.41. The molecular formula is C19H23N4O2S+. The molecule has 2 atom stereocenters. The minimum atomic E-state index is -3.76. The van der Waals surface area contributed by atoms with Gasteiger partial charge in [0.2, 0.25) is 6.33 Å². The topological polar surface area (TPSA) is 81.0 Å². The summed E-state index contributed by atoms with van der Waals surface area (Å²) in [5.74, 6) is 0.